The van der Waals surface area contributed by atoms with E-state index in [4.69, 9.17) is 0 Å². The van der Waals surface area contributed by atoms with Crippen molar-refractivity contribution in [3.8, 4) is 0 Å². The molecule has 0 fully saturated rings. The number of aromatic nitrogens is 1. The smallest absolute Gasteiger partial charge is 0.263 e. The molecule has 0 radical (unpaired) electrons. The summed E-state index contributed by atoms with van der Waals surface area (Å²) < 4.78 is 54.5. The summed E-state index contributed by atoms with van der Waals surface area (Å²) in [6.07, 6.45) is 1.43. The molecule has 2 aromatic rings. The third-order valence-electron chi connectivity index (χ3n) is 2.93. The van der Waals surface area contributed by atoms with Gasteiger partial charge in [0.1, 0.15) is 16.5 Å². The van der Waals surface area contributed by atoms with Crippen molar-refractivity contribution >= 4 is 15.7 Å². The maximum Gasteiger partial charge on any atom is 0.263 e. The van der Waals surface area contributed by atoms with Gasteiger partial charge in [-0.1, -0.05) is 0 Å². The van der Waals surface area contributed by atoms with Crippen LogP contribution in [0.2, 0.25) is 0 Å². The zero-order chi connectivity index (χ0) is 15.6. The van der Waals surface area contributed by atoms with Crippen LogP contribution in [0.1, 0.15) is 5.69 Å². The molecule has 0 saturated carbocycles. The van der Waals surface area contributed by atoms with Crippen molar-refractivity contribution < 1.29 is 17.2 Å². The van der Waals surface area contributed by atoms with Gasteiger partial charge in [0.05, 0.1) is 5.69 Å². The molecule has 0 aliphatic heterocycles. The number of aryl methyl sites for hydroxylation is 1. The fourth-order valence-corrected chi connectivity index (χ4v) is 3.02. The van der Waals surface area contributed by atoms with Crippen molar-refractivity contribution in [2.24, 2.45) is 7.05 Å². The van der Waals surface area contributed by atoms with Gasteiger partial charge in [-0.2, -0.15) is 0 Å². The molecule has 0 aliphatic rings. The van der Waals surface area contributed by atoms with Crippen molar-refractivity contribution in [1.29, 1.82) is 0 Å². The number of rotatable bonds is 5. The molecule has 1 aromatic carbocycles. The molecule has 0 unspecified atom stereocenters. The highest BCUT2D eigenvalue weighted by Gasteiger charge is 2.19. The average molecular weight is 315 g/mol. The minimum atomic E-state index is -3.93. The van der Waals surface area contributed by atoms with Crippen LogP contribution in [-0.2, 0) is 23.6 Å². The van der Waals surface area contributed by atoms with Crippen LogP contribution in [-0.4, -0.2) is 20.0 Å². The van der Waals surface area contributed by atoms with Gasteiger partial charge in [0.25, 0.3) is 10.0 Å². The Bertz CT molecular complexity index is 757. The summed E-state index contributed by atoms with van der Waals surface area (Å²) in [5.74, 6) is -1.74. The van der Waals surface area contributed by atoms with Crippen molar-refractivity contribution in [3.05, 3.63) is 47.8 Å². The van der Waals surface area contributed by atoms with E-state index in [1.165, 1.54) is 12.3 Å². The first-order valence-electron chi connectivity index (χ1n) is 6.11. The highest BCUT2D eigenvalue weighted by Crippen LogP contribution is 2.21. The SMILES string of the molecule is CNCc1cc(S(=O)(=O)Nc2ccc(F)cc2F)cn1C. The second-order valence-corrected chi connectivity index (χ2v) is 6.22. The molecule has 114 valence electrons. The van der Waals surface area contributed by atoms with E-state index in [0.29, 0.717) is 12.6 Å². The first-order chi connectivity index (χ1) is 9.83. The Morgan fingerprint density at radius 1 is 1.24 bits per heavy atom. The van der Waals surface area contributed by atoms with Gasteiger partial charge < -0.3 is 9.88 Å². The fourth-order valence-electron chi connectivity index (χ4n) is 1.86. The van der Waals surface area contributed by atoms with E-state index in [-0.39, 0.29) is 10.6 Å². The summed E-state index contributed by atoms with van der Waals surface area (Å²) in [7, 11) is -0.474. The zero-order valence-corrected chi connectivity index (χ0v) is 12.3. The number of nitrogens with one attached hydrogen (secondary N) is 2. The Morgan fingerprint density at radius 2 is 1.95 bits per heavy atom. The molecule has 0 atom stereocenters. The first kappa shape index (κ1) is 15.5. The fraction of sp³-hybridized carbons (Fsp3) is 0.231. The summed E-state index contributed by atoms with van der Waals surface area (Å²) in [5, 5.41) is 2.92. The summed E-state index contributed by atoms with van der Waals surface area (Å²) >= 11 is 0. The number of anilines is 1. The Hall–Kier alpha value is -1.93. The van der Waals surface area contributed by atoms with Crippen molar-refractivity contribution in [1.82, 2.24) is 9.88 Å². The van der Waals surface area contributed by atoms with Gasteiger partial charge in [-0.15, -0.1) is 0 Å². The molecule has 2 N–H and O–H groups in total. The normalized spacial score (nSPS) is 11.6. The minimum absolute atomic E-state index is 0.0129. The molecule has 21 heavy (non-hydrogen) atoms. The summed E-state index contributed by atoms with van der Waals surface area (Å²) in [4.78, 5) is 0.0129. The molecule has 5 nitrogen and oxygen atoms in total. The molecule has 0 amide bonds. The van der Waals surface area contributed by atoms with E-state index in [9.17, 15) is 17.2 Å². The predicted octanol–water partition coefficient (Wildman–Crippen LogP) is 1.82. The summed E-state index contributed by atoms with van der Waals surface area (Å²) in [6, 6.07) is 4.13. The third-order valence-corrected chi connectivity index (χ3v) is 4.26. The zero-order valence-electron chi connectivity index (χ0n) is 11.5. The second kappa shape index (κ2) is 5.82. The first-order valence-corrected chi connectivity index (χ1v) is 7.59. The number of sulfonamides is 1. The van der Waals surface area contributed by atoms with Gasteiger partial charge >= 0.3 is 0 Å². The molecule has 1 heterocycles. The lowest BCUT2D eigenvalue weighted by Gasteiger charge is -2.07. The van der Waals surface area contributed by atoms with Crippen LogP contribution in [0.3, 0.4) is 0 Å². The van der Waals surface area contributed by atoms with Crippen LogP contribution in [0.25, 0.3) is 0 Å². The average Bonchev–Trinajstić information content (AvgIpc) is 2.76. The molecule has 2 rings (SSSR count). The van der Waals surface area contributed by atoms with Gasteiger partial charge in [0.2, 0.25) is 0 Å². The van der Waals surface area contributed by atoms with Crippen LogP contribution in [0.4, 0.5) is 14.5 Å². The Balaban J connectivity index is 2.32. The topological polar surface area (TPSA) is 63.1 Å². The maximum atomic E-state index is 13.5. The van der Waals surface area contributed by atoms with E-state index in [2.05, 4.69) is 10.0 Å². The lowest BCUT2D eigenvalue weighted by molar-refractivity contribution is 0.582. The monoisotopic (exact) mass is 315 g/mol. The van der Waals surface area contributed by atoms with Gasteiger partial charge in [-0.05, 0) is 25.2 Å². The lowest BCUT2D eigenvalue weighted by atomic mass is 10.3. The van der Waals surface area contributed by atoms with E-state index in [1.54, 1.807) is 18.7 Å². The van der Waals surface area contributed by atoms with E-state index >= 15 is 0 Å². The van der Waals surface area contributed by atoms with Gasteiger partial charge in [-0.3, -0.25) is 4.72 Å². The molecular formula is C13H15F2N3O2S. The Kier molecular flexibility index (Phi) is 4.29. The van der Waals surface area contributed by atoms with Crippen LogP contribution in [0.5, 0.6) is 0 Å². The van der Waals surface area contributed by atoms with Crippen LogP contribution < -0.4 is 10.0 Å². The third kappa shape index (κ3) is 3.40. The molecule has 0 saturated heterocycles. The molecule has 0 aliphatic carbocycles. The number of benzene rings is 1. The number of hydrogen-bond acceptors (Lipinski definition) is 3. The van der Waals surface area contributed by atoms with Crippen molar-refractivity contribution in [2.75, 3.05) is 11.8 Å². The number of halogens is 2. The van der Waals surface area contributed by atoms with Gasteiger partial charge in [-0.25, -0.2) is 17.2 Å². The molecular weight excluding hydrogens is 300 g/mol. The van der Waals surface area contributed by atoms with E-state index in [1.807, 2.05) is 0 Å². The highest BCUT2D eigenvalue weighted by molar-refractivity contribution is 7.92. The standard InChI is InChI=1S/C13H15F2N3O2S/c1-16-7-10-6-11(8-18(10)2)21(19,20)17-13-4-3-9(14)5-12(13)15/h3-6,8,16-17H,7H2,1-2H3. The largest absolute Gasteiger partial charge is 0.352 e. The Morgan fingerprint density at radius 3 is 2.57 bits per heavy atom. The van der Waals surface area contributed by atoms with Crippen LogP contribution >= 0.6 is 0 Å². The summed E-state index contributed by atoms with van der Waals surface area (Å²) in [6.45, 7) is 0.497. The second-order valence-electron chi connectivity index (χ2n) is 4.54. The van der Waals surface area contributed by atoms with E-state index < -0.39 is 21.7 Å². The highest BCUT2D eigenvalue weighted by atomic mass is 32.2. The minimum Gasteiger partial charge on any atom is -0.352 e. The quantitative estimate of drug-likeness (QED) is 0.885. The van der Waals surface area contributed by atoms with Gasteiger partial charge in [0.15, 0.2) is 0 Å². The lowest BCUT2D eigenvalue weighted by Crippen LogP contribution is -2.13. The Labute approximate surface area is 121 Å². The van der Waals surface area contributed by atoms with Crippen molar-refractivity contribution in [2.45, 2.75) is 11.4 Å². The van der Waals surface area contributed by atoms with Crippen LogP contribution in [0, 0.1) is 11.6 Å². The van der Waals surface area contributed by atoms with Crippen LogP contribution in [0.15, 0.2) is 35.4 Å². The summed E-state index contributed by atoms with van der Waals surface area (Å²) in [5.41, 5.74) is 0.466. The molecule has 0 spiro atoms. The van der Waals surface area contributed by atoms with E-state index in [0.717, 1.165) is 17.8 Å². The number of nitrogens with zero attached hydrogens (tertiary/aromatic N) is 1. The predicted molar refractivity (Wildman–Crippen MR) is 75.3 cm³/mol. The molecule has 1 aromatic heterocycles. The molecule has 8 heteroatoms. The van der Waals surface area contributed by atoms with Crippen molar-refractivity contribution in [3.63, 3.8) is 0 Å². The van der Waals surface area contributed by atoms with Gasteiger partial charge in [0, 0.05) is 31.5 Å². The number of hydrogen-bond donors (Lipinski definition) is 2. The maximum absolute atomic E-state index is 13.5. The molecule has 0 bridgehead atoms.